The highest BCUT2D eigenvalue weighted by molar-refractivity contribution is 6.65. The second kappa shape index (κ2) is 6.54. The maximum absolute atomic E-state index is 7.22. The van der Waals surface area contributed by atoms with Gasteiger partial charge in [-0.3, -0.25) is 0 Å². The Kier molecular flexibility index (Phi) is 5.23. The fourth-order valence-electron chi connectivity index (χ4n) is 6.98. The fraction of sp³-hybridized carbons (Fsp3) is 0.778. The van der Waals surface area contributed by atoms with E-state index in [0.29, 0.717) is 12.8 Å². The van der Waals surface area contributed by atoms with Gasteiger partial charge in [0.1, 0.15) is 19.5 Å². The zero-order chi connectivity index (χ0) is 22.4. The van der Waals surface area contributed by atoms with Crippen molar-refractivity contribution in [2.24, 2.45) is 23.7 Å². The van der Waals surface area contributed by atoms with E-state index in [4.69, 9.17) is 125 Å². The van der Waals surface area contributed by atoms with E-state index in [1.807, 2.05) is 0 Å². The van der Waals surface area contributed by atoms with Crippen LogP contribution in [-0.2, 0) is 9.47 Å². The van der Waals surface area contributed by atoms with Crippen LogP contribution in [0.2, 0.25) is 0 Å². The first-order chi connectivity index (χ1) is 13.7. The predicted octanol–water partition coefficient (Wildman–Crippen LogP) is 7.75. The molecule has 30 heavy (non-hydrogen) atoms. The lowest BCUT2D eigenvalue weighted by atomic mass is 9.61. The van der Waals surface area contributed by atoms with Crippen LogP contribution in [0.1, 0.15) is 12.8 Å². The van der Waals surface area contributed by atoms with Crippen LogP contribution in [0.4, 0.5) is 0 Å². The molecule has 0 aliphatic heterocycles. The van der Waals surface area contributed by atoms with Crippen LogP contribution in [0.3, 0.4) is 0 Å². The number of methoxy groups -OCH3 is 2. The first-order valence-corrected chi connectivity index (χ1v) is 12.8. The Morgan fingerprint density at radius 3 is 1.13 bits per heavy atom. The molecule has 8 unspecified atom stereocenters. The second-order valence-electron chi connectivity index (χ2n) is 8.60. The van der Waals surface area contributed by atoms with Crippen LogP contribution < -0.4 is 0 Å². The molecule has 3 saturated carbocycles. The summed E-state index contributed by atoms with van der Waals surface area (Å²) >= 11 is 68.4. The topological polar surface area (TPSA) is 18.5 Å². The summed E-state index contributed by atoms with van der Waals surface area (Å²) in [5, 5.41) is 0.697. The molecule has 0 aromatic heterocycles. The predicted molar refractivity (Wildman–Crippen MR) is 126 cm³/mol. The smallest absolute Gasteiger partial charge is 0.217 e. The highest BCUT2D eigenvalue weighted by atomic mass is 35.5. The minimum absolute atomic E-state index is 0.155. The Hall–Kier alpha value is 2.30. The average molecular weight is 617 g/mol. The molecule has 0 saturated heterocycles. The van der Waals surface area contributed by atoms with E-state index in [9.17, 15) is 0 Å². The molecule has 0 N–H and O–H groups in total. The molecule has 0 radical (unpaired) electrons. The zero-order valence-electron chi connectivity index (χ0n) is 15.3. The number of fused-ring (bicyclic) bond motifs is 10. The summed E-state index contributed by atoms with van der Waals surface area (Å²) in [7, 11) is 2.92. The molecule has 2 nitrogen and oxygen atoms in total. The van der Waals surface area contributed by atoms with Crippen LogP contribution in [-0.4, -0.2) is 43.8 Å². The van der Waals surface area contributed by atoms with Crippen LogP contribution >= 0.6 is 116 Å². The summed E-state index contributed by atoms with van der Waals surface area (Å²) < 4.78 is 10.0. The largest absolute Gasteiger partial charge is 0.350 e. The van der Waals surface area contributed by atoms with E-state index in [0.717, 1.165) is 0 Å². The zero-order valence-corrected chi connectivity index (χ0v) is 22.9. The summed E-state index contributed by atoms with van der Waals surface area (Å²) in [6, 6.07) is 0. The molecule has 12 heteroatoms. The van der Waals surface area contributed by atoms with E-state index < -0.39 is 29.6 Å². The lowest BCUT2D eigenvalue weighted by molar-refractivity contribution is -0.220. The first-order valence-electron chi connectivity index (χ1n) is 9.07. The van der Waals surface area contributed by atoms with Crippen molar-refractivity contribution >= 4 is 116 Å². The minimum atomic E-state index is -1.64. The number of hydrogen-bond donors (Lipinski definition) is 0. The number of halogens is 10. The minimum Gasteiger partial charge on any atom is -0.350 e. The Labute approximate surface area is 224 Å². The van der Waals surface area contributed by atoms with E-state index in [-0.39, 0.29) is 43.8 Å². The summed E-state index contributed by atoms with van der Waals surface area (Å²) in [5.74, 6) is -2.82. The Morgan fingerprint density at radius 2 is 0.833 bits per heavy atom. The van der Waals surface area contributed by atoms with E-state index in [2.05, 4.69) is 0 Å². The van der Waals surface area contributed by atoms with Crippen molar-refractivity contribution < 1.29 is 9.47 Å². The number of allylic oxidation sites excluding steroid dienone is 2. The van der Waals surface area contributed by atoms with Crippen molar-refractivity contribution in [2.75, 3.05) is 14.2 Å². The van der Waals surface area contributed by atoms with Gasteiger partial charge in [0, 0.05) is 14.2 Å². The number of rotatable bonds is 2. The van der Waals surface area contributed by atoms with Gasteiger partial charge < -0.3 is 9.47 Å². The van der Waals surface area contributed by atoms with Gasteiger partial charge in [-0.1, -0.05) is 69.6 Å². The Morgan fingerprint density at radius 1 is 0.567 bits per heavy atom. The quantitative estimate of drug-likeness (QED) is 0.233. The number of alkyl halides is 6. The highest BCUT2D eigenvalue weighted by Crippen LogP contribution is 2.83. The lowest BCUT2D eigenvalue weighted by Crippen LogP contribution is -2.57. The Balaban J connectivity index is 1.72. The van der Waals surface area contributed by atoms with Crippen LogP contribution in [0.15, 0.2) is 20.1 Å². The lowest BCUT2D eigenvalue weighted by Gasteiger charge is -2.49. The van der Waals surface area contributed by atoms with Crippen molar-refractivity contribution in [1.82, 2.24) is 0 Å². The third kappa shape index (κ3) is 1.92. The van der Waals surface area contributed by atoms with Gasteiger partial charge in [0.05, 0.1) is 20.1 Å². The first kappa shape index (κ1) is 24.0. The van der Waals surface area contributed by atoms with E-state index in [1.165, 1.54) is 14.2 Å². The third-order valence-electron chi connectivity index (χ3n) is 8.14. The molecule has 0 amide bonds. The average Bonchev–Trinajstić information content (AvgIpc) is 3.08. The number of ether oxygens (including phenoxy) is 2. The molecule has 4 bridgehead atoms. The molecule has 0 aromatic rings. The molecule has 3 fully saturated rings. The van der Waals surface area contributed by atoms with Gasteiger partial charge in [-0.05, 0) is 36.5 Å². The van der Waals surface area contributed by atoms with Gasteiger partial charge >= 0.3 is 0 Å². The maximum atomic E-state index is 7.22. The van der Waals surface area contributed by atoms with E-state index in [1.54, 1.807) is 0 Å². The van der Waals surface area contributed by atoms with Gasteiger partial charge in [0.25, 0.3) is 0 Å². The molecule has 0 aromatic carbocycles. The molecule has 0 spiro atoms. The normalized spacial score (nSPS) is 54.8. The summed E-state index contributed by atoms with van der Waals surface area (Å²) in [6.45, 7) is 0. The number of hydrogen-bond acceptors (Lipinski definition) is 2. The standard InChI is InChI=1S/C18H14Cl10O2/c1-29-18(30-2)15(25)7-3-5-6(4-8(7)16(18,26)12(22)11(15)21)14(24)10(20)9(19)13(5,23)17(14,27)28/h5-8H,3-4H2,1-2H3. The molecular weight excluding hydrogens is 603 g/mol. The van der Waals surface area contributed by atoms with Crippen molar-refractivity contribution in [3.05, 3.63) is 20.1 Å². The van der Waals surface area contributed by atoms with Gasteiger partial charge in [0.15, 0.2) is 4.33 Å². The summed E-state index contributed by atoms with van der Waals surface area (Å²) in [5.41, 5.74) is 0. The van der Waals surface area contributed by atoms with Crippen molar-refractivity contribution in [3.63, 3.8) is 0 Å². The molecular formula is C18H14Cl10O2. The van der Waals surface area contributed by atoms with Crippen molar-refractivity contribution in [2.45, 2.75) is 42.5 Å². The summed E-state index contributed by atoms with van der Waals surface area (Å²) in [6.07, 6.45) is 0.837. The molecule has 5 aliphatic rings. The fourth-order valence-corrected chi connectivity index (χ4v) is 12.3. The molecule has 168 valence electrons. The van der Waals surface area contributed by atoms with Gasteiger partial charge in [-0.25, -0.2) is 0 Å². The third-order valence-corrected chi connectivity index (χ3v) is 15.2. The van der Waals surface area contributed by atoms with Gasteiger partial charge in [-0.2, -0.15) is 0 Å². The van der Waals surface area contributed by atoms with Crippen LogP contribution in [0.25, 0.3) is 0 Å². The maximum Gasteiger partial charge on any atom is 0.217 e. The van der Waals surface area contributed by atoms with Crippen molar-refractivity contribution in [1.29, 1.82) is 0 Å². The van der Waals surface area contributed by atoms with Gasteiger partial charge in [-0.15, -0.1) is 46.4 Å². The molecule has 5 aliphatic carbocycles. The summed E-state index contributed by atoms with van der Waals surface area (Å²) in [4.78, 5) is -5.46. The van der Waals surface area contributed by atoms with Crippen LogP contribution in [0, 0.1) is 23.7 Å². The second-order valence-corrected chi connectivity index (χ2v) is 13.8. The van der Waals surface area contributed by atoms with E-state index >= 15 is 0 Å². The SMILES string of the molecule is COC1(OC)C2(Cl)C(Cl)=C(Cl)C1(Cl)C1CC3C(CC12)C1(Cl)C(Cl)=C(Cl)C3(Cl)C1(Cl)Cl. The van der Waals surface area contributed by atoms with Crippen molar-refractivity contribution in [3.8, 4) is 0 Å². The van der Waals surface area contributed by atoms with Gasteiger partial charge in [0.2, 0.25) is 5.79 Å². The Bertz CT molecular complexity index is 864. The molecule has 0 heterocycles. The molecule has 8 atom stereocenters. The highest BCUT2D eigenvalue weighted by Gasteiger charge is 2.89. The monoisotopic (exact) mass is 612 g/mol. The van der Waals surface area contributed by atoms with Crippen LogP contribution in [0.5, 0.6) is 0 Å². The molecule has 5 rings (SSSR count).